The highest BCUT2D eigenvalue weighted by Gasteiger charge is 2.31. The summed E-state index contributed by atoms with van der Waals surface area (Å²) < 4.78 is 1.60. The first-order valence-corrected chi connectivity index (χ1v) is 5.74. The second kappa shape index (κ2) is 4.44. The molecule has 1 saturated heterocycles. The Morgan fingerprint density at radius 2 is 1.79 bits per heavy atom. The van der Waals surface area contributed by atoms with Crippen LogP contribution in [0.25, 0.3) is 5.95 Å². The standard InChI is InChI=1S/C10H13N7O2/c11-8-13-9(16-2-1-12-5-16)15-10(14-8)17-3-6(18)7(19)4-17/h1-2,5-7,18-19H,3-4H2,(H2,11,13,14,15). The Morgan fingerprint density at radius 1 is 1.11 bits per heavy atom. The first-order chi connectivity index (χ1) is 9.13. The fourth-order valence-electron chi connectivity index (χ4n) is 1.94. The first-order valence-electron chi connectivity index (χ1n) is 5.74. The number of aromatic nitrogens is 5. The quantitative estimate of drug-likeness (QED) is 0.578. The molecule has 1 aliphatic heterocycles. The van der Waals surface area contributed by atoms with Crippen molar-refractivity contribution < 1.29 is 10.2 Å². The minimum atomic E-state index is -0.810. The fraction of sp³-hybridized carbons (Fsp3) is 0.400. The molecule has 2 atom stereocenters. The van der Waals surface area contributed by atoms with Crippen LogP contribution in [0.15, 0.2) is 18.7 Å². The second-order valence-corrected chi connectivity index (χ2v) is 4.30. The van der Waals surface area contributed by atoms with Gasteiger partial charge in [-0.05, 0) is 0 Å². The number of rotatable bonds is 2. The number of nitrogen functional groups attached to an aromatic ring is 1. The van der Waals surface area contributed by atoms with E-state index < -0.39 is 12.2 Å². The van der Waals surface area contributed by atoms with Crippen LogP contribution in [0.2, 0.25) is 0 Å². The van der Waals surface area contributed by atoms with Gasteiger partial charge in [-0.2, -0.15) is 15.0 Å². The predicted octanol–water partition coefficient (Wildman–Crippen LogP) is -1.82. The van der Waals surface area contributed by atoms with Gasteiger partial charge in [0.05, 0.1) is 12.2 Å². The number of nitrogens with two attached hydrogens (primary N) is 1. The molecule has 0 aliphatic carbocycles. The zero-order chi connectivity index (χ0) is 13.4. The van der Waals surface area contributed by atoms with Crippen LogP contribution in [0.5, 0.6) is 0 Å². The van der Waals surface area contributed by atoms with Crippen LogP contribution in [0, 0.1) is 0 Å². The van der Waals surface area contributed by atoms with E-state index in [-0.39, 0.29) is 19.0 Å². The summed E-state index contributed by atoms with van der Waals surface area (Å²) in [4.78, 5) is 17.9. The van der Waals surface area contributed by atoms with E-state index in [1.54, 1.807) is 28.2 Å². The normalized spacial score (nSPS) is 22.9. The topological polar surface area (TPSA) is 126 Å². The minimum Gasteiger partial charge on any atom is -0.388 e. The molecule has 0 spiro atoms. The highest BCUT2D eigenvalue weighted by atomic mass is 16.3. The van der Waals surface area contributed by atoms with Crippen molar-refractivity contribution in [1.29, 1.82) is 0 Å². The molecule has 2 aromatic rings. The summed E-state index contributed by atoms with van der Waals surface area (Å²) in [5.41, 5.74) is 5.65. The average molecular weight is 263 g/mol. The van der Waals surface area contributed by atoms with Crippen LogP contribution >= 0.6 is 0 Å². The van der Waals surface area contributed by atoms with Crippen molar-refractivity contribution in [2.75, 3.05) is 23.7 Å². The van der Waals surface area contributed by atoms with Gasteiger partial charge in [0.1, 0.15) is 6.33 Å². The number of nitrogens with zero attached hydrogens (tertiary/aromatic N) is 6. The molecule has 0 radical (unpaired) electrons. The SMILES string of the molecule is Nc1nc(N2CC(O)C(O)C2)nc(-n2ccnc2)n1. The van der Waals surface area contributed by atoms with Crippen molar-refractivity contribution in [1.82, 2.24) is 24.5 Å². The highest BCUT2D eigenvalue weighted by molar-refractivity contribution is 5.39. The lowest BCUT2D eigenvalue weighted by Gasteiger charge is -2.15. The Balaban J connectivity index is 1.95. The van der Waals surface area contributed by atoms with Gasteiger partial charge in [-0.25, -0.2) is 4.98 Å². The molecular formula is C10H13N7O2. The smallest absolute Gasteiger partial charge is 0.241 e. The van der Waals surface area contributed by atoms with Crippen LogP contribution in [0.4, 0.5) is 11.9 Å². The maximum atomic E-state index is 9.54. The van der Waals surface area contributed by atoms with Crippen molar-refractivity contribution >= 4 is 11.9 Å². The summed E-state index contributed by atoms with van der Waals surface area (Å²) in [6.07, 6.45) is 3.21. The van der Waals surface area contributed by atoms with Crippen molar-refractivity contribution in [3.8, 4) is 5.95 Å². The van der Waals surface area contributed by atoms with Gasteiger partial charge in [-0.3, -0.25) is 4.57 Å². The van der Waals surface area contributed by atoms with E-state index in [0.29, 0.717) is 11.9 Å². The number of anilines is 2. The van der Waals surface area contributed by atoms with E-state index in [9.17, 15) is 10.2 Å². The Bertz CT molecular complexity index is 563. The summed E-state index contributed by atoms with van der Waals surface area (Å²) >= 11 is 0. The third-order valence-electron chi connectivity index (χ3n) is 2.91. The molecule has 0 aromatic carbocycles. The zero-order valence-corrected chi connectivity index (χ0v) is 9.96. The molecule has 3 rings (SSSR count). The first kappa shape index (κ1) is 11.8. The summed E-state index contributed by atoms with van der Waals surface area (Å²) in [6, 6.07) is 0. The van der Waals surface area contributed by atoms with E-state index in [1.807, 2.05) is 0 Å². The molecule has 0 amide bonds. The molecule has 0 saturated carbocycles. The number of hydrogen-bond acceptors (Lipinski definition) is 8. The molecule has 100 valence electrons. The van der Waals surface area contributed by atoms with Gasteiger partial charge in [-0.15, -0.1) is 0 Å². The van der Waals surface area contributed by atoms with Gasteiger partial charge in [0.15, 0.2) is 0 Å². The van der Waals surface area contributed by atoms with Gasteiger partial charge >= 0.3 is 0 Å². The van der Waals surface area contributed by atoms with Gasteiger partial charge in [0, 0.05) is 25.5 Å². The second-order valence-electron chi connectivity index (χ2n) is 4.30. The van der Waals surface area contributed by atoms with E-state index in [1.165, 1.54) is 0 Å². The van der Waals surface area contributed by atoms with Crippen molar-refractivity contribution in [2.45, 2.75) is 12.2 Å². The molecule has 9 nitrogen and oxygen atoms in total. The van der Waals surface area contributed by atoms with Gasteiger partial charge < -0.3 is 20.8 Å². The van der Waals surface area contributed by atoms with Crippen molar-refractivity contribution in [3.63, 3.8) is 0 Å². The molecule has 19 heavy (non-hydrogen) atoms. The number of hydrogen-bond donors (Lipinski definition) is 3. The number of imidazole rings is 1. The lowest BCUT2D eigenvalue weighted by Crippen LogP contribution is -2.25. The van der Waals surface area contributed by atoms with Gasteiger partial charge in [0.25, 0.3) is 0 Å². The Hall–Kier alpha value is -2.26. The van der Waals surface area contributed by atoms with Crippen LogP contribution < -0.4 is 10.6 Å². The Labute approximate surface area is 108 Å². The molecule has 9 heteroatoms. The molecule has 2 aromatic heterocycles. The predicted molar refractivity (Wildman–Crippen MR) is 65.6 cm³/mol. The number of aliphatic hydroxyl groups is 2. The maximum absolute atomic E-state index is 9.54. The lowest BCUT2D eigenvalue weighted by atomic mass is 10.3. The average Bonchev–Trinajstić information content (AvgIpc) is 3.00. The zero-order valence-electron chi connectivity index (χ0n) is 9.96. The Kier molecular flexibility index (Phi) is 2.76. The fourth-order valence-corrected chi connectivity index (χ4v) is 1.94. The van der Waals surface area contributed by atoms with Gasteiger partial charge in [0.2, 0.25) is 17.8 Å². The highest BCUT2D eigenvalue weighted by Crippen LogP contribution is 2.18. The monoisotopic (exact) mass is 263 g/mol. The molecule has 4 N–H and O–H groups in total. The van der Waals surface area contributed by atoms with Crippen LogP contribution in [-0.4, -0.2) is 60.0 Å². The van der Waals surface area contributed by atoms with Crippen LogP contribution in [-0.2, 0) is 0 Å². The summed E-state index contributed by atoms with van der Waals surface area (Å²) in [5.74, 6) is 0.743. The molecule has 3 heterocycles. The summed E-state index contributed by atoms with van der Waals surface area (Å²) in [5, 5.41) is 19.1. The molecule has 0 bridgehead atoms. The molecule has 1 aliphatic rings. The third-order valence-corrected chi connectivity index (χ3v) is 2.91. The largest absolute Gasteiger partial charge is 0.388 e. The Morgan fingerprint density at radius 3 is 2.42 bits per heavy atom. The minimum absolute atomic E-state index is 0.0737. The van der Waals surface area contributed by atoms with Crippen LogP contribution in [0.1, 0.15) is 0 Å². The summed E-state index contributed by atoms with van der Waals surface area (Å²) in [7, 11) is 0. The van der Waals surface area contributed by atoms with Crippen LogP contribution in [0.3, 0.4) is 0 Å². The van der Waals surface area contributed by atoms with E-state index in [0.717, 1.165) is 0 Å². The molecule has 1 fully saturated rings. The van der Waals surface area contributed by atoms with Crippen molar-refractivity contribution in [3.05, 3.63) is 18.7 Å². The molecule has 2 unspecified atom stereocenters. The summed E-state index contributed by atoms with van der Waals surface area (Å²) in [6.45, 7) is 0.516. The lowest BCUT2D eigenvalue weighted by molar-refractivity contribution is 0.0572. The van der Waals surface area contributed by atoms with E-state index in [2.05, 4.69) is 19.9 Å². The molecular weight excluding hydrogens is 250 g/mol. The maximum Gasteiger partial charge on any atom is 0.241 e. The third kappa shape index (κ3) is 2.20. The van der Waals surface area contributed by atoms with Crippen molar-refractivity contribution in [2.24, 2.45) is 0 Å². The number of β-amino-alcohol motifs (C(OH)–C–C–N with tert-alkyl or cyclic N) is 2. The van der Waals surface area contributed by atoms with E-state index in [4.69, 9.17) is 5.73 Å². The number of aliphatic hydroxyl groups excluding tert-OH is 2. The van der Waals surface area contributed by atoms with E-state index >= 15 is 0 Å². The van der Waals surface area contributed by atoms with Gasteiger partial charge in [-0.1, -0.05) is 0 Å².